The van der Waals surface area contributed by atoms with Crippen molar-refractivity contribution in [3.8, 4) is 0 Å². The van der Waals surface area contributed by atoms with Crippen LogP contribution in [0.15, 0.2) is 0 Å². The van der Waals surface area contributed by atoms with Gasteiger partial charge in [-0.3, -0.25) is 4.79 Å². The maximum Gasteiger partial charge on any atom is 0.338 e. The van der Waals surface area contributed by atoms with Crippen LogP contribution < -0.4 is 0 Å². The van der Waals surface area contributed by atoms with Gasteiger partial charge in [-0.1, -0.05) is 0 Å². The lowest BCUT2D eigenvalue weighted by molar-refractivity contribution is -0.151. The first kappa shape index (κ1) is 13.6. The zero-order valence-corrected chi connectivity index (χ0v) is 10.9. The average molecular weight is 220 g/mol. The van der Waals surface area contributed by atoms with E-state index in [-0.39, 0.29) is 12.1 Å². The van der Waals surface area contributed by atoms with Gasteiger partial charge in [0.2, 0.25) is 0 Å². The minimum Gasteiger partial charge on any atom is -0.463 e. The predicted octanol–water partition coefficient (Wildman–Crippen LogP) is 1.23. The van der Waals surface area contributed by atoms with Gasteiger partial charge in [0.05, 0.1) is 6.10 Å². The van der Waals surface area contributed by atoms with Gasteiger partial charge in [0.1, 0.15) is 5.04 Å². The lowest BCUT2D eigenvalue weighted by Crippen LogP contribution is -2.40. The van der Waals surface area contributed by atoms with Gasteiger partial charge in [-0.25, -0.2) is 0 Å². The van der Waals surface area contributed by atoms with Crippen molar-refractivity contribution < 1.29 is 18.4 Å². The normalized spacial score (nSPS) is 12.3. The van der Waals surface area contributed by atoms with E-state index in [2.05, 4.69) is 0 Å². The molecule has 0 bridgehead atoms. The van der Waals surface area contributed by atoms with Crippen molar-refractivity contribution in [2.75, 3.05) is 14.2 Å². The molecule has 0 aliphatic carbocycles. The zero-order chi connectivity index (χ0) is 11.4. The third-order valence-electron chi connectivity index (χ3n) is 1.89. The SMILES string of the molecule is CO[SiH](OC)C(C)(C)C(=O)OC(C)C. The van der Waals surface area contributed by atoms with Crippen LogP contribution in [-0.2, 0) is 18.4 Å². The molecule has 0 aliphatic heterocycles. The molecule has 0 unspecified atom stereocenters. The molecule has 0 aromatic heterocycles. The maximum atomic E-state index is 11.7. The standard InChI is InChI=1S/C9H20O4Si/c1-7(2)13-8(10)9(3,4)14(11-5)12-6/h7,14H,1-6H3. The Morgan fingerprint density at radius 1 is 1.21 bits per heavy atom. The molecular weight excluding hydrogens is 200 g/mol. The van der Waals surface area contributed by atoms with Crippen molar-refractivity contribution in [2.24, 2.45) is 0 Å². The molecule has 0 radical (unpaired) electrons. The Morgan fingerprint density at radius 2 is 1.64 bits per heavy atom. The Morgan fingerprint density at radius 3 is 1.93 bits per heavy atom. The third-order valence-corrected chi connectivity index (χ3v) is 4.16. The Labute approximate surface area is 87.4 Å². The van der Waals surface area contributed by atoms with E-state index in [0.29, 0.717) is 0 Å². The molecule has 0 saturated heterocycles. The number of carbonyl (C=O) groups is 1. The van der Waals surface area contributed by atoms with Crippen molar-refractivity contribution in [3.05, 3.63) is 0 Å². The summed E-state index contributed by atoms with van der Waals surface area (Å²) in [6.45, 7) is 7.23. The molecule has 84 valence electrons. The number of rotatable bonds is 5. The van der Waals surface area contributed by atoms with Crippen LogP contribution in [0.4, 0.5) is 0 Å². The summed E-state index contributed by atoms with van der Waals surface area (Å²) in [6.07, 6.45) is -0.106. The highest BCUT2D eigenvalue weighted by Gasteiger charge is 2.42. The second kappa shape index (κ2) is 5.48. The van der Waals surface area contributed by atoms with Gasteiger partial charge < -0.3 is 13.6 Å². The predicted molar refractivity (Wildman–Crippen MR) is 56.4 cm³/mol. The van der Waals surface area contributed by atoms with Crippen LogP contribution in [0.2, 0.25) is 5.04 Å². The van der Waals surface area contributed by atoms with Gasteiger partial charge >= 0.3 is 15.3 Å². The molecule has 0 spiro atoms. The minimum absolute atomic E-state index is 0.106. The molecule has 5 heteroatoms. The van der Waals surface area contributed by atoms with Crippen LogP contribution >= 0.6 is 0 Å². The van der Waals surface area contributed by atoms with Crippen molar-refractivity contribution in [1.82, 2.24) is 0 Å². The van der Waals surface area contributed by atoms with E-state index < -0.39 is 14.3 Å². The van der Waals surface area contributed by atoms with E-state index in [4.69, 9.17) is 13.6 Å². The maximum absolute atomic E-state index is 11.7. The fourth-order valence-corrected chi connectivity index (χ4v) is 2.78. The van der Waals surface area contributed by atoms with Gasteiger partial charge in [0.15, 0.2) is 0 Å². The van der Waals surface area contributed by atoms with Crippen LogP contribution in [0.1, 0.15) is 27.7 Å². The van der Waals surface area contributed by atoms with Gasteiger partial charge in [-0.05, 0) is 27.7 Å². The molecule has 0 aliphatic rings. The second-order valence-electron chi connectivity index (χ2n) is 3.98. The van der Waals surface area contributed by atoms with Crippen LogP contribution in [0.5, 0.6) is 0 Å². The largest absolute Gasteiger partial charge is 0.463 e. The zero-order valence-electron chi connectivity index (χ0n) is 9.79. The fraction of sp³-hybridized carbons (Fsp3) is 0.889. The van der Waals surface area contributed by atoms with Crippen molar-refractivity contribution in [2.45, 2.75) is 38.8 Å². The van der Waals surface area contributed by atoms with Crippen molar-refractivity contribution >= 4 is 15.3 Å². The summed E-state index contributed by atoms with van der Waals surface area (Å²) in [7, 11) is 1.13. The molecule has 0 aromatic carbocycles. The topological polar surface area (TPSA) is 44.8 Å². The Hall–Kier alpha value is -0.393. The summed E-state index contributed by atoms with van der Waals surface area (Å²) in [5.74, 6) is -0.257. The molecule has 0 amide bonds. The fourth-order valence-electron chi connectivity index (χ4n) is 1.15. The lowest BCUT2D eigenvalue weighted by Gasteiger charge is -2.28. The first-order valence-electron chi connectivity index (χ1n) is 4.63. The van der Waals surface area contributed by atoms with E-state index in [1.165, 1.54) is 0 Å². The van der Waals surface area contributed by atoms with Crippen LogP contribution in [0.25, 0.3) is 0 Å². The number of ether oxygens (including phenoxy) is 1. The van der Waals surface area contributed by atoms with Crippen molar-refractivity contribution in [1.29, 1.82) is 0 Å². The first-order chi connectivity index (χ1) is 6.36. The molecule has 0 atom stereocenters. The molecule has 0 saturated carbocycles. The molecule has 0 fully saturated rings. The van der Waals surface area contributed by atoms with E-state index >= 15 is 0 Å². The van der Waals surface area contributed by atoms with Crippen LogP contribution in [-0.4, -0.2) is 35.6 Å². The summed E-state index contributed by atoms with van der Waals surface area (Å²) in [4.78, 5) is 11.7. The number of esters is 1. The number of hydrogen-bond acceptors (Lipinski definition) is 4. The van der Waals surface area contributed by atoms with Gasteiger partial charge in [0, 0.05) is 14.2 Å². The summed E-state index contributed by atoms with van der Waals surface area (Å²) in [6, 6.07) is 0. The third kappa shape index (κ3) is 3.40. The Kier molecular flexibility index (Phi) is 5.32. The first-order valence-corrected chi connectivity index (χ1v) is 6.15. The van der Waals surface area contributed by atoms with Gasteiger partial charge in [-0.15, -0.1) is 0 Å². The van der Waals surface area contributed by atoms with Crippen LogP contribution in [0.3, 0.4) is 0 Å². The molecular formula is C9H20O4Si. The lowest BCUT2D eigenvalue weighted by atomic mass is 10.2. The molecule has 14 heavy (non-hydrogen) atoms. The molecule has 0 N–H and O–H groups in total. The molecule has 4 nitrogen and oxygen atoms in total. The smallest absolute Gasteiger partial charge is 0.338 e. The molecule has 0 rings (SSSR count). The number of carbonyl (C=O) groups excluding carboxylic acids is 1. The highest BCUT2D eigenvalue weighted by molar-refractivity contribution is 6.53. The highest BCUT2D eigenvalue weighted by atomic mass is 28.3. The average Bonchev–Trinajstić information content (AvgIpc) is 2.04. The molecule has 0 heterocycles. The number of hydrogen-bond donors (Lipinski definition) is 0. The van der Waals surface area contributed by atoms with Gasteiger partial charge in [-0.2, -0.15) is 0 Å². The quantitative estimate of drug-likeness (QED) is 0.516. The monoisotopic (exact) mass is 220 g/mol. The van der Waals surface area contributed by atoms with Crippen molar-refractivity contribution in [3.63, 3.8) is 0 Å². The Balaban J connectivity index is 4.49. The summed E-state index contributed by atoms with van der Waals surface area (Å²) in [5.41, 5.74) is 0. The van der Waals surface area contributed by atoms with Gasteiger partial charge in [0.25, 0.3) is 0 Å². The molecule has 0 aromatic rings. The highest BCUT2D eigenvalue weighted by Crippen LogP contribution is 2.31. The van der Waals surface area contributed by atoms with Crippen LogP contribution in [0, 0.1) is 0 Å². The van der Waals surface area contributed by atoms with E-state index in [1.807, 2.05) is 13.8 Å². The summed E-state index contributed by atoms with van der Waals surface area (Å²) >= 11 is 0. The van der Waals surface area contributed by atoms with E-state index in [1.54, 1.807) is 28.1 Å². The van der Waals surface area contributed by atoms with E-state index in [9.17, 15) is 4.79 Å². The minimum atomic E-state index is -1.99. The van der Waals surface area contributed by atoms with E-state index in [0.717, 1.165) is 0 Å². The summed E-state index contributed by atoms with van der Waals surface area (Å²) in [5, 5.41) is -0.659. The second-order valence-corrected chi connectivity index (χ2v) is 7.03. The Bertz CT molecular complexity index is 187. The summed E-state index contributed by atoms with van der Waals surface area (Å²) < 4.78 is 15.5.